The van der Waals surface area contributed by atoms with Crippen molar-refractivity contribution in [2.24, 2.45) is 5.41 Å². The number of carbonyl (C=O) groups is 1. The molecule has 0 saturated carbocycles. The summed E-state index contributed by atoms with van der Waals surface area (Å²) < 4.78 is 36.0. The van der Waals surface area contributed by atoms with Gasteiger partial charge in [-0.1, -0.05) is 0 Å². The summed E-state index contributed by atoms with van der Waals surface area (Å²) in [5, 5.41) is 8.99. The summed E-state index contributed by atoms with van der Waals surface area (Å²) in [5.41, 5.74) is -0.731. The minimum absolute atomic E-state index is 0.0581. The highest BCUT2D eigenvalue weighted by molar-refractivity contribution is 7.90. The van der Waals surface area contributed by atoms with Gasteiger partial charge in [-0.15, -0.1) is 0 Å². The average Bonchev–Trinajstić information content (AvgIpc) is 2.13. The van der Waals surface area contributed by atoms with E-state index in [1.807, 2.05) is 0 Å². The number of hydrogen-bond acceptors (Lipinski definition) is 3. The molecule has 0 amide bonds. The van der Waals surface area contributed by atoms with Crippen molar-refractivity contribution in [3.63, 3.8) is 0 Å². The van der Waals surface area contributed by atoms with Crippen molar-refractivity contribution < 1.29 is 22.7 Å². The number of halogens is 1. The minimum atomic E-state index is -3.51. The van der Waals surface area contributed by atoms with Gasteiger partial charge in [-0.05, 0) is 44.0 Å². The topological polar surface area (TPSA) is 71.4 Å². The molecule has 18 heavy (non-hydrogen) atoms. The predicted molar refractivity (Wildman–Crippen MR) is 64.6 cm³/mol. The van der Waals surface area contributed by atoms with Crippen LogP contribution in [0.1, 0.15) is 19.4 Å². The fourth-order valence-corrected chi connectivity index (χ4v) is 2.21. The molecule has 0 unspecified atom stereocenters. The van der Waals surface area contributed by atoms with Crippen LogP contribution in [0.15, 0.2) is 23.1 Å². The van der Waals surface area contributed by atoms with E-state index in [1.54, 1.807) is 0 Å². The zero-order valence-electron chi connectivity index (χ0n) is 10.4. The Labute approximate surface area is 105 Å². The first-order chi connectivity index (χ1) is 8.02. The molecule has 0 aromatic heterocycles. The Kier molecular flexibility index (Phi) is 3.81. The van der Waals surface area contributed by atoms with E-state index in [9.17, 15) is 17.6 Å². The first-order valence-corrected chi connectivity index (χ1v) is 7.14. The lowest BCUT2D eigenvalue weighted by molar-refractivity contribution is -0.146. The number of carboxylic acids is 1. The van der Waals surface area contributed by atoms with Crippen LogP contribution in [0.25, 0.3) is 0 Å². The molecule has 6 heteroatoms. The number of hydrogen-bond donors (Lipinski definition) is 1. The normalized spacial score (nSPS) is 12.4. The van der Waals surface area contributed by atoms with Crippen LogP contribution < -0.4 is 0 Å². The lowest BCUT2D eigenvalue weighted by Gasteiger charge is -2.19. The molecule has 1 aromatic rings. The zero-order valence-corrected chi connectivity index (χ0v) is 11.2. The Morgan fingerprint density at radius 1 is 1.33 bits per heavy atom. The van der Waals surface area contributed by atoms with Gasteiger partial charge in [0.1, 0.15) is 5.82 Å². The molecule has 0 spiro atoms. The first-order valence-electron chi connectivity index (χ1n) is 5.25. The van der Waals surface area contributed by atoms with Crippen LogP contribution in [-0.4, -0.2) is 25.7 Å². The van der Waals surface area contributed by atoms with Crippen molar-refractivity contribution in [2.45, 2.75) is 25.2 Å². The van der Waals surface area contributed by atoms with Gasteiger partial charge in [0.2, 0.25) is 0 Å². The molecule has 4 nitrogen and oxygen atoms in total. The summed E-state index contributed by atoms with van der Waals surface area (Å²) in [7, 11) is -3.51. The minimum Gasteiger partial charge on any atom is -0.481 e. The maximum Gasteiger partial charge on any atom is 0.309 e. The molecule has 100 valence electrons. The second kappa shape index (κ2) is 4.68. The van der Waals surface area contributed by atoms with Crippen molar-refractivity contribution in [1.82, 2.24) is 0 Å². The van der Waals surface area contributed by atoms with Crippen molar-refractivity contribution in [2.75, 3.05) is 6.26 Å². The van der Waals surface area contributed by atoms with Crippen LogP contribution in [0.4, 0.5) is 4.39 Å². The molecule has 0 heterocycles. The van der Waals surface area contributed by atoms with Gasteiger partial charge in [0.15, 0.2) is 9.84 Å². The standard InChI is InChI=1S/C12H15FO4S/c1-12(2,11(14)15)7-8-4-9(13)6-10(5-8)18(3,16)17/h4-6H,7H2,1-3H3,(H,14,15). The molecule has 0 fully saturated rings. The maximum atomic E-state index is 13.3. The Morgan fingerprint density at radius 2 is 1.89 bits per heavy atom. The maximum absolute atomic E-state index is 13.3. The van der Waals surface area contributed by atoms with Gasteiger partial charge in [-0.2, -0.15) is 0 Å². The third kappa shape index (κ3) is 3.53. The van der Waals surface area contributed by atoms with Crippen LogP contribution in [0, 0.1) is 11.2 Å². The van der Waals surface area contributed by atoms with E-state index in [1.165, 1.54) is 19.9 Å². The Hall–Kier alpha value is -1.43. The molecular weight excluding hydrogens is 259 g/mol. The summed E-state index contributed by atoms with van der Waals surface area (Å²) in [6.45, 7) is 3.00. The van der Waals surface area contributed by atoms with E-state index in [0.29, 0.717) is 5.56 Å². The smallest absolute Gasteiger partial charge is 0.309 e. The van der Waals surface area contributed by atoms with E-state index in [2.05, 4.69) is 0 Å². The molecule has 1 N–H and O–H groups in total. The van der Waals surface area contributed by atoms with E-state index in [0.717, 1.165) is 18.4 Å². The summed E-state index contributed by atoms with van der Waals surface area (Å²) in [5.74, 6) is -1.71. The van der Waals surface area contributed by atoms with Gasteiger partial charge >= 0.3 is 5.97 Å². The Balaban J connectivity index is 3.20. The largest absolute Gasteiger partial charge is 0.481 e. The molecule has 0 atom stereocenters. The number of carboxylic acid groups (broad SMARTS) is 1. The molecule has 0 aliphatic heterocycles. The van der Waals surface area contributed by atoms with Gasteiger partial charge in [0.25, 0.3) is 0 Å². The van der Waals surface area contributed by atoms with Gasteiger partial charge < -0.3 is 5.11 Å². The van der Waals surface area contributed by atoms with E-state index < -0.39 is 27.0 Å². The van der Waals surface area contributed by atoms with Gasteiger partial charge in [-0.25, -0.2) is 12.8 Å². The molecule has 0 radical (unpaired) electrons. The van der Waals surface area contributed by atoms with Crippen molar-refractivity contribution >= 4 is 15.8 Å². The van der Waals surface area contributed by atoms with Crippen LogP contribution in [-0.2, 0) is 21.1 Å². The number of aliphatic carboxylic acids is 1. The summed E-state index contributed by atoms with van der Waals surface area (Å²) >= 11 is 0. The molecular formula is C12H15FO4S. The highest BCUT2D eigenvalue weighted by atomic mass is 32.2. The van der Waals surface area contributed by atoms with Crippen molar-refractivity contribution in [3.05, 3.63) is 29.6 Å². The first kappa shape index (κ1) is 14.6. The fraction of sp³-hybridized carbons (Fsp3) is 0.417. The van der Waals surface area contributed by atoms with Crippen LogP contribution >= 0.6 is 0 Å². The summed E-state index contributed by atoms with van der Waals surface area (Å²) in [4.78, 5) is 10.8. The number of rotatable bonds is 4. The van der Waals surface area contributed by atoms with Crippen LogP contribution in [0.5, 0.6) is 0 Å². The predicted octanol–water partition coefficient (Wildman–Crippen LogP) is 1.88. The monoisotopic (exact) mass is 274 g/mol. The van der Waals surface area contributed by atoms with E-state index >= 15 is 0 Å². The van der Waals surface area contributed by atoms with Crippen molar-refractivity contribution in [1.29, 1.82) is 0 Å². The SMILES string of the molecule is CC(C)(Cc1cc(F)cc(S(C)(=O)=O)c1)C(=O)O. The summed E-state index contributed by atoms with van der Waals surface area (Å²) in [6.07, 6.45) is 1.04. The van der Waals surface area contributed by atoms with Crippen molar-refractivity contribution in [3.8, 4) is 0 Å². The molecule has 1 rings (SSSR count). The third-order valence-corrected chi connectivity index (χ3v) is 3.68. The number of benzene rings is 1. The Bertz CT molecular complexity index is 576. The fourth-order valence-electron chi connectivity index (χ4n) is 1.52. The van der Waals surface area contributed by atoms with Crippen LogP contribution in [0.2, 0.25) is 0 Å². The molecule has 1 aromatic carbocycles. The lowest BCUT2D eigenvalue weighted by atomic mass is 9.86. The lowest BCUT2D eigenvalue weighted by Crippen LogP contribution is -2.26. The quantitative estimate of drug-likeness (QED) is 0.910. The molecule has 0 aliphatic carbocycles. The highest BCUT2D eigenvalue weighted by Gasteiger charge is 2.28. The van der Waals surface area contributed by atoms with Gasteiger partial charge in [0.05, 0.1) is 10.3 Å². The summed E-state index contributed by atoms with van der Waals surface area (Å²) in [6, 6.07) is 3.38. The molecule has 0 bridgehead atoms. The second-order valence-electron chi connectivity index (χ2n) is 4.93. The van der Waals surface area contributed by atoms with Crippen LogP contribution in [0.3, 0.4) is 0 Å². The molecule has 0 saturated heterocycles. The number of sulfone groups is 1. The van der Waals surface area contributed by atoms with Gasteiger partial charge in [-0.3, -0.25) is 4.79 Å². The molecule has 0 aliphatic rings. The average molecular weight is 274 g/mol. The Morgan fingerprint density at radius 3 is 2.33 bits per heavy atom. The second-order valence-corrected chi connectivity index (χ2v) is 6.95. The van der Waals surface area contributed by atoms with Gasteiger partial charge in [0, 0.05) is 6.26 Å². The third-order valence-electron chi connectivity index (χ3n) is 2.58. The van der Waals surface area contributed by atoms with E-state index in [4.69, 9.17) is 5.11 Å². The zero-order chi connectivity index (χ0) is 14.1. The van der Waals surface area contributed by atoms with E-state index in [-0.39, 0.29) is 11.3 Å². The highest BCUT2D eigenvalue weighted by Crippen LogP contribution is 2.24.